The molecule has 5 heteroatoms. The first-order valence-electron chi connectivity index (χ1n) is 8.49. The van der Waals surface area contributed by atoms with Gasteiger partial charge in [0.15, 0.2) is 0 Å². The van der Waals surface area contributed by atoms with E-state index in [2.05, 4.69) is 16.7 Å². The third kappa shape index (κ3) is 2.83. The van der Waals surface area contributed by atoms with Crippen molar-refractivity contribution in [1.29, 1.82) is 0 Å². The first-order valence-corrected chi connectivity index (χ1v) is 8.49. The highest BCUT2D eigenvalue weighted by atomic mass is 16.5. The van der Waals surface area contributed by atoms with Gasteiger partial charge in [-0.2, -0.15) is 0 Å². The molecule has 2 saturated heterocycles. The molecule has 0 aromatic carbocycles. The van der Waals surface area contributed by atoms with Crippen molar-refractivity contribution in [3.63, 3.8) is 0 Å². The normalized spacial score (nSPS) is 41.2. The summed E-state index contributed by atoms with van der Waals surface area (Å²) in [6.07, 6.45) is 5.19. The molecule has 0 spiro atoms. The van der Waals surface area contributed by atoms with Gasteiger partial charge in [-0.1, -0.05) is 0 Å². The topological polar surface area (TPSA) is 58.8 Å². The predicted octanol–water partition coefficient (Wildman–Crippen LogP) is 0.968. The monoisotopic (exact) mass is 295 g/mol. The molecule has 1 aliphatic carbocycles. The molecule has 2 heterocycles. The Morgan fingerprint density at radius 3 is 2.90 bits per heavy atom. The number of rotatable bonds is 3. The van der Waals surface area contributed by atoms with Crippen LogP contribution in [0.3, 0.4) is 0 Å². The SMILES string of the molecule is CCOC(=O)C1(N)CCC(N2CC3CCCN3CC2C)C1. The van der Waals surface area contributed by atoms with Gasteiger partial charge in [0.2, 0.25) is 0 Å². The van der Waals surface area contributed by atoms with Gasteiger partial charge in [-0.3, -0.25) is 14.6 Å². The van der Waals surface area contributed by atoms with E-state index in [1.54, 1.807) is 0 Å². The van der Waals surface area contributed by atoms with E-state index in [4.69, 9.17) is 10.5 Å². The number of esters is 1. The van der Waals surface area contributed by atoms with E-state index < -0.39 is 5.54 Å². The number of carbonyl (C=O) groups is 1. The molecule has 120 valence electrons. The fourth-order valence-corrected chi connectivity index (χ4v) is 4.51. The molecule has 3 aliphatic rings. The van der Waals surface area contributed by atoms with E-state index in [1.165, 1.54) is 19.4 Å². The minimum absolute atomic E-state index is 0.209. The Balaban J connectivity index is 1.64. The number of hydrogen-bond donors (Lipinski definition) is 1. The van der Waals surface area contributed by atoms with E-state index in [0.717, 1.165) is 38.4 Å². The summed E-state index contributed by atoms with van der Waals surface area (Å²) in [5.74, 6) is -0.209. The molecule has 3 rings (SSSR count). The second-order valence-electron chi connectivity index (χ2n) is 7.11. The van der Waals surface area contributed by atoms with Crippen LogP contribution < -0.4 is 5.73 Å². The van der Waals surface area contributed by atoms with E-state index in [9.17, 15) is 4.79 Å². The summed E-state index contributed by atoms with van der Waals surface area (Å²) in [6, 6.07) is 1.72. The van der Waals surface area contributed by atoms with Crippen LogP contribution in [0, 0.1) is 0 Å². The molecular weight excluding hydrogens is 266 g/mol. The Labute approximate surface area is 127 Å². The quantitative estimate of drug-likeness (QED) is 0.786. The third-order valence-electron chi connectivity index (χ3n) is 5.66. The molecule has 21 heavy (non-hydrogen) atoms. The molecule has 5 nitrogen and oxygen atoms in total. The van der Waals surface area contributed by atoms with Crippen molar-refractivity contribution in [2.24, 2.45) is 5.73 Å². The number of carbonyl (C=O) groups excluding carboxylic acids is 1. The highest BCUT2D eigenvalue weighted by Crippen LogP contribution is 2.36. The summed E-state index contributed by atoms with van der Waals surface area (Å²) in [6.45, 7) is 8.14. The minimum atomic E-state index is -0.757. The molecule has 0 radical (unpaired) electrons. The van der Waals surface area contributed by atoms with Crippen LogP contribution in [0.25, 0.3) is 0 Å². The highest BCUT2D eigenvalue weighted by molar-refractivity contribution is 5.81. The lowest BCUT2D eigenvalue weighted by atomic mass is 9.98. The van der Waals surface area contributed by atoms with Crippen molar-refractivity contribution in [3.05, 3.63) is 0 Å². The number of hydrogen-bond acceptors (Lipinski definition) is 5. The lowest BCUT2D eigenvalue weighted by molar-refractivity contribution is -0.149. The zero-order valence-electron chi connectivity index (χ0n) is 13.4. The van der Waals surface area contributed by atoms with Gasteiger partial charge in [0.25, 0.3) is 0 Å². The lowest BCUT2D eigenvalue weighted by Crippen LogP contribution is -2.58. The molecular formula is C16H29N3O2. The second kappa shape index (κ2) is 5.86. The number of ether oxygens (including phenoxy) is 1. The Hall–Kier alpha value is -0.650. The van der Waals surface area contributed by atoms with Crippen molar-refractivity contribution >= 4 is 5.97 Å². The number of piperazine rings is 1. The van der Waals surface area contributed by atoms with Gasteiger partial charge in [0.1, 0.15) is 5.54 Å². The zero-order valence-corrected chi connectivity index (χ0v) is 13.4. The van der Waals surface area contributed by atoms with Crippen LogP contribution in [0.2, 0.25) is 0 Å². The van der Waals surface area contributed by atoms with Gasteiger partial charge in [-0.15, -0.1) is 0 Å². The van der Waals surface area contributed by atoms with Gasteiger partial charge in [0, 0.05) is 31.2 Å². The molecule has 2 N–H and O–H groups in total. The Morgan fingerprint density at radius 1 is 1.33 bits per heavy atom. The Morgan fingerprint density at radius 2 is 2.14 bits per heavy atom. The summed E-state index contributed by atoms with van der Waals surface area (Å²) in [4.78, 5) is 17.3. The summed E-state index contributed by atoms with van der Waals surface area (Å²) >= 11 is 0. The van der Waals surface area contributed by atoms with Gasteiger partial charge in [-0.25, -0.2) is 0 Å². The molecule has 0 amide bonds. The molecule has 1 saturated carbocycles. The van der Waals surface area contributed by atoms with Crippen LogP contribution in [-0.2, 0) is 9.53 Å². The number of nitrogens with zero attached hydrogens (tertiary/aromatic N) is 2. The molecule has 3 fully saturated rings. The molecule has 0 bridgehead atoms. The summed E-state index contributed by atoms with van der Waals surface area (Å²) in [5.41, 5.74) is 5.57. The average Bonchev–Trinajstić information content (AvgIpc) is 3.05. The standard InChI is InChI=1S/C16H29N3O2/c1-3-21-15(20)16(17)7-6-13(9-16)19-11-14-5-4-8-18(14)10-12(19)2/h12-14H,3-11,17H2,1-2H3. The fraction of sp³-hybridized carbons (Fsp3) is 0.938. The van der Waals surface area contributed by atoms with Crippen LogP contribution >= 0.6 is 0 Å². The first kappa shape index (κ1) is 15.3. The smallest absolute Gasteiger partial charge is 0.326 e. The Bertz CT molecular complexity index is 403. The molecule has 0 aromatic heterocycles. The largest absolute Gasteiger partial charge is 0.465 e. The van der Waals surface area contributed by atoms with Crippen molar-refractivity contribution < 1.29 is 9.53 Å². The van der Waals surface area contributed by atoms with Crippen molar-refractivity contribution in [2.45, 2.75) is 69.6 Å². The number of fused-ring (bicyclic) bond motifs is 1. The van der Waals surface area contributed by atoms with Crippen molar-refractivity contribution in [1.82, 2.24) is 9.80 Å². The van der Waals surface area contributed by atoms with Crippen LogP contribution in [-0.4, -0.2) is 65.7 Å². The number of nitrogens with two attached hydrogens (primary N) is 1. The van der Waals surface area contributed by atoms with E-state index in [1.807, 2.05) is 6.92 Å². The minimum Gasteiger partial charge on any atom is -0.465 e. The van der Waals surface area contributed by atoms with E-state index >= 15 is 0 Å². The molecule has 4 atom stereocenters. The summed E-state index contributed by atoms with van der Waals surface area (Å²) < 4.78 is 5.17. The third-order valence-corrected chi connectivity index (χ3v) is 5.66. The fourth-order valence-electron chi connectivity index (χ4n) is 4.51. The van der Waals surface area contributed by atoms with E-state index in [-0.39, 0.29) is 5.97 Å². The van der Waals surface area contributed by atoms with Crippen LogP contribution in [0.1, 0.15) is 46.0 Å². The zero-order chi connectivity index (χ0) is 15.0. The lowest BCUT2D eigenvalue weighted by Gasteiger charge is -2.45. The average molecular weight is 295 g/mol. The highest BCUT2D eigenvalue weighted by Gasteiger charge is 2.47. The molecule has 0 aromatic rings. The first-order chi connectivity index (χ1) is 10.0. The maximum atomic E-state index is 12.1. The molecule has 2 aliphatic heterocycles. The van der Waals surface area contributed by atoms with Gasteiger partial charge < -0.3 is 10.5 Å². The maximum Gasteiger partial charge on any atom is 0.326 e. The summed E-state index contributed by atoms with van der Waals surface area (Å²) in [5, 5.41) is 0. The maximum absolute atomic E-state index is 12.1. The van der Waals surface area contributed by atoms with Crippen molar-refractivity contribution in [3.8, 4) is 0 Å². The van der Waals surface area contributed by atoms with Crippen LogP contribution in [0.15, 0.2) is 0 Å². The predicted molar refractivity (Wildman–Crippen MR) is 82.0 cm³/mol. The molecule has 4 unspecified atom stereocenters. The second-order valence-corrected chi connectivity index (χ2v) is 7.11. The Kier molecular flexibility index (Phi) is 4.26. The summed E-state index contributed by atoms with van der Waals surface area (Å²) in [7, 11) is 0. The van der Waals surface area contributed by atoms with Crippen LogP contribution in [0.5, 0.6) is 0 Å². The van der Waals surface area contributed by atoms with Gasteiger partial charge in [0.05, 0.1) is 6.61 Å². The van der Waals surface area contributed by atoms with Crippen molar-refractivity contribution in [2.75, 3.05) is 26.2 Å². The van der Waals surface area contributed by atoms with Crippen LogP contribution in [0.4, 0.5) is 0 Å². The van der Waals surface area contributed by atoms with Gasteiger partial charge in [-0.05, 0) is 52.5 Å². The van der Waals surface area contributed by atoms with E-state index in [0.29, 0.717) is 18.7 Å². The van der Waals surface area contributed by atoms with Gasteiger partial charge >= 0.3 is 5.97 Å².